The van der Waals surface area contributed by atoms with Crippen LogP contribution in [0.2, 0.25) is 0 Å². The first kappa shape index (κ1) is 42.8. The number of rotatable bonds is 8. The summed E-state index contributed by atoms with van der Waals surface area (Å²) in [4.78, 5) is 2.58. The van der Waals surface area contributed by atoms with Gasteiger partial charge in [-0.15, -0.1) is 0 Å². The topological polar surface area (TPSA) is 3.24 Å². The van der Waals surface area contributed by atoms with E-state index in [9.17, 15) is 0 Å². The molecule has 1 heteroatoms. The van der Waals surface area contributed by atoms with Gasteiger partial charge in [-0.3, -0.25) is 0 Å². The van der Waals surface area contributed by atoms with Gasteiger partial charge in [0.2, 0.25) is 0 Å². The number of benzene rings is 11. The van der Waals surface area contributed by atoms with E-state index in [1.165, 1.54) is 114 Å². The molecule has 4 fully saturated rings. The quantitative estimate of drug-likeness (QED) is 0.147. The van der Waals surface area contributed by atoms with Crippen LogP contribution in [-0.2, 0) is 10.8 Å². The number of fused-ring (bicyclic) bond motifs is 12. The van der Waals surface area contributed by atoms with Crippen molar-refractivity contribution in [3.63, 3.8) is 0 Å². The summed E-state index contributed by atoms with van der Waals surface area (Å²) in [6.07, 6.45) is 5.79. The summed E-state index contributed by atoms with van der Waals surface area (Å²) in [7, 11) is 0. The minimum absolute atomic E-state index is 0.161. The number of anilines is 3. The lowest BCUT2D eigenvalue weighted by Crippen LogP contribution is -2.73. The zero-order chi connectivity index (χ0) is 49.7. The van der Waals surface area contributed by atoms with Crippen LogP contribution in [0.25, 0.3) is 66.4 Å². The molecule has 6 aliphatic rings. The van der Waals surface area contributed by atoms with Crippen LogP contribution >= 0.6 is 0 Å². The van der Waals surface area contributed by atoms with E-state index < -0.39 is 5.41 Å². The Morgan fingerprint density at radius 3 is 1.67 bits per heavy atom. The van der Waals surface area contributed by atoms with Crippen molar-refractivity contribution in [1.29, 1.82) is 0 Å². The minimum Gasteiger partial charge on any atom is -0.309 e. The van der Waals surface area contributed by atoms with Crippen molar-refractivity contribution in [2.75, 3.05) is 4.90 Å². The number of hydrogen-bond acceptors (Lipinski definition) is 1. The van der Waals surface area contributed by atoms with Crippen molar-refractivity contribution in [1.82, 2.24) is 0 Å². The van der Waals surface area contributed by atoms with Crippen LogP contribution in [0.3, 0.4) is 0 Å². The molecular weight excluding hydrogens is 915 g/mol. The van der Waals surface area contributed by atoms with Crippen LogP contribution in [-0.4, -0.2) is 0 Å². The zero-order valence-corrected chi connectivity index (χ0v) is 42.4. The van der Waals surface area contributed by atoms with Gasteiger partial charge in [-0.05, 0) is 174 Å². The first-order valence-electron chi connectivity index (χ1n) is 27.8. The summed E-state index contributed by atoms with van der Waals surface area (Å²) in [6.45, 7) is 0. The van der Waals surface area contributed by atoms with Crippen molar-refractivity contribution in [2.24, 2.45) is 29.1 Å². The molecule has 76 heavy (non-hydrogen) atoms. The minimum atomic E-state index is -0.539. The highest BCUT2D eigenvalue weighted by Gasteiger charge is 2.84. The maximum atomic E-state index is 2.64. The molecule has 11 aromatic carbocycles. The van der Waals surface area contributed by atoms with Crippen LogP contribution in [0.1, 0.15) is 59.1 Å². The molecule has 0 radical (unpaired) electrons. The van der Waals surface area contributed by atoms with Crippen molar-refractivity contribution >= 4 is 27.8 Å². The monoisotopic (exact) mass is 969 g/mol. The van der Waals surface area contributed by atoms with Gasteiger partial charge in [0.05, 0.1) is 16.8 Å². The van der Waals surface area contributed by atoms with Crippen LogP contribution in [0, 0.1) is 29.1 Å². The summed E-state index contributed by atoms with van der Waals surface area (Å²) in [5.41, 5.74) is 24.9. The van der Waals surface area contributed by atoms with E-state index in [4.69, 9.17) is 0 Å². The third-order valence-electron chi connectivity index (χ3n) is 20.2. The second kappa shape index (κ2) is 15.8. The van der Waals surface area contributed by atoms with Gasteiger partial charge >= 0.3 is 0 Å². The molecule has 11 aromatic rings. The van der Waals surface area contributed by atoms with Crippen LogP contribution in [0.15, 0.2) is 261 Å². The summed E-state index contributed by atoms with van der Waals surface area (Å²) >= 11 is 0. The average Bonchev–Trinajstić information content (AvgIpc) is 1.85. The van der Waals surface area contributed by atoms with Crippen LogP contribution < -0.4 is 4.90 Å². The molecule has 2 spiro atoms. The largest absolute Gasteiger partial charge is 0.309 e. The van der Waals surface area contributed by atoms with Crippen molar-refractivity contribution in [3.8, 4) is 55.6 Å². The second-order valence-electron chi connectivity index (χ2n) is 23.1. The molecule has 0 N–H and O–H groups in total. The maximum Gasteiger partial charge on any atom is 0.0714 e. The lowest BCUT2D eigenvalue weighted by Gasteiger charge is -2.76. The van der Waals surface area contributed by atoms with Gasteiger partial charge in [0.15, 0.2) is 0 Å². The Labute approximate surface area is 445 Å². The fourth-order valence-corrected chi connectivity index (χ4v) is 17.7. The van der Waals surface area contributed by atoms with Gasteiger partial charge in [-0.25, -0.2) is 0 Å². The number of para-hydroxylation sites is 1. The Hall–Kier alpha value is -8.52. The molecule has 0 heterocycles. The van der Waals surface area contributed by atoms with E-state index in [0.29, 0.717) is 5.41 Å². The zero-order valence-electron chi connectivity index (χ0n) is 42.4. The Morgan fingerprint density at radius 2 is 0.921 bits per heavy atom. The summed E-state index contributed by atoms with van der Waals surface area (Å²) in [5, 5.41) is 2.48. The predicted molar refractivity (Wildman–Crippen MR) is 313 cm³/mol. The van der Waals surface area contributed by atoms with Gasteiger partial charge in [0, 0.05) is 22.2 Å². The molecular formula is C75H55N. The lowest BCUT2D eigenvalue weighted by atomic mass is 9.27. The second-order valence-corrected chi connectivity index (χ2v) is 23.1. The molecule has 6 aliphatic carbocycles. The smallest absolute Gasteiger partial charge is 0.0714 e. The third-order valence-corrected chi connectivity index (χ3v) is 20.2. The van der Waals surface area contributed by atoms with E-state index in [-0.39, 0.29) is 5.41 Å². The molecule has 0 saturated heterocycles. The van der Waals surface area contributed by atoms with Crippen molar-refractivity contribution in [3.05, 3.63) is 294 Å². The van der Waals surface area contributed by atoms with Crippen molar-refractivity contribution in [2.45, 2.75) is 36.5 Å². The summed E-state index contributed by atoms with van der Waals surface area (Å²) in [6, 6.07) is 98.9. The molecule has 2 bridgehead atoms. The van der Waals surface area contributed by atoms with Crippen molar-refractivity contribution < 1.29 is 0 Å². The Bertz CT molecular complexity index is 4110. The fourth-order valence-electron chi connectivity index (χ4n) is 17.7. The number of hydrogen-bond donors (Lipinski definition) is 0. The SMILES string of the molecule is c1ccc(-c2cccc3cccc(-c4ccccc4N(c4ccc(-c5ccc6c(c5)C5(c7ccccc7-6)C6CC7CC8CC5[C@@]86C7)cc4)c4cccc5c4-c4ccccc4C5(c4ccccc4)c4ccccc4)c23)cc1. The van der Waals surface area contributed by atoms with Crippen LogP contribution in [0.4, 0.5) is 17.1 Å². The first-order chi connectivity index (χ1) is 37.7. The highest BCUT2D eigenvalue weighted by molar-refractivity contribution is 6.09. The molecule has 17 rings (SSSR count). The Balaban J connectivity index is 0.877. The summed E-state index contributed by atoms with van der Waals surface area (Å²) in [5.74, 6) is 3.45. The van der Waals surface area contributed by atoms with Gasteiger partial charge in [-0.2, -0.15) is 0 Å². The van der Waals surface area contributed by atoms with Crippen LogP contribution in [0.5, 0.6) is 0 Å². The molecule has 6 atom stereocenters. The first-order valence-corrected chi connectivity index (χ1v) is 27.8. The predicted octanol–water partition coefficient (Wildman–Crippen LogP) is 19.0. The van der Waals surface area contributed by atoms with Gasteiger partial charge in [0.25, 0.3) is 0 Å². The third kappa shape index (κ3) is 5.40. The summed E-state index contributed by atoms with van der Waals surface area (Å²) < 4.78 is 0. The Kier molecular flexibility index (Phi) is 8.88. The van der Waals surface area contributed by atoms with E-state index >= 15 is 0 Å². The van der Waals surface area contributed by atoms with Gasteiger partial charge in [-0.1, -0.05) is 231 Å². The molecule has 0 aliphatic heterocycles. The highest BCUT2D eigenvalue weighted by Crippen LogP contribution is 2.89. The van der Waals surface area contributed by atoms with E-state index in [1.54, 1.807) is 11.1 Å². The maximum absolute atomic E-state index is 2.64. The molecule has 0 aromatic heterocycles. The van der Waals surface area contributed by atoms with E-state index in [2.05, 4.69) is 266 Å². The fraction of sp³-hybridized carbons (Fsp3) is 0.147. The average molecular weight is 970 g/mol. The highest BCUT2D eigenvalue weighted by atomic mass is 15.1. The number of nitrogens with zero attached hydrogens (tertiary/aromatic N) is 1. The molecule has 0 amide bonds. The van der Waals surface area contributed by atoms with E-state index in [0.717, 1.165) is 40.7 Å². The lowest BCUT2D eigenvalue weighted by molar-refractivity contribution is -0.231. The standard InChI is InChI=1S/C75H55N/c1-4-19-50(20-5-1)57-30-16-21-51-22-17-31-61(71(51)57)60-28-12-15-35-67(60)76(68-36-18-34-65-72(68)62-29-11-14-33-64(62)74(65,53-23-6-2-7-24-53)54-25-8-3-9-26-54)56-40-37-49(38-41-56)52-39-42-59-58-27-10-13-32-63(58)75(66(59)45-52)69-44-48-43-55-46-70(75)73(55,69)47-48/h1-42,45,48,55,69-70H,43-44,46-47H2/t48?,55?,69?,70?,73-,75?/m0/s1. The normalized spacial score (nSPS) is 23.0. The Morgan fingerprint density at radius 1 is 0.355 bits per heavy atom. The molecule has 4 saturated carbocycles. The van der Waals surface area contributed by atoms with Gasteiger partial charge < -0.3 is 4.90 Å². The molecule has 360 valence electrons. The van der Waals surface area contributed by atoms with Gasteiger partial charge in [0.1, 0.15) is 0 Å². The van der Waals surface area contributed by atoms with E-state index in [1.807, 2.05) is 0 Å². The molecule has 1 nitrogen and oxygen atoms in total. The molecule has 5 unspecified atom stereocenters.